The van der Waals surface area contributed by atoms with Crippen LogP contribution in [0.1, 0.15) is 21.5 Å². The van der Waals surface area contributed by atoms with E-state index in [9.17, 15) is 4.79 Å². The molecule has 0 aliphatic carbocycles. The van der Waals surface area contributed by atoms with Crippen LogP contribution in [-0.4, -0.2) is 19.0 Å². The summed E-state index contributed by atoms with van der Waals surface area (Å²) in [4.78, 5) is 14.4. The van der Waals surface area contributed by atoms with Crippen molar-refractivity contribution < 1.29 is 4.79 Å². The Morgan fingerprint density at radius 1 is 1.05 bits per heavy atom. The third-order valence-electron chi connectivity index (χ3n) is 3.78. The second-order valence-corrected chi connectivity index (χ2v) is 5.07. The predicted octanol–water partition coefficient (Wildman–Crippen LogP) is 2.39. The van der Waals surface area contributed by atoms with Gasteiger partial charge in [-0.25, -0.2) is 0 Å². The Labute approximate surface area is 119 Å². The van der Waals surface area contributed by atoms with Gasteiger partial charge in [-0.05, 0) is 48.7 Å². The Kier molecular flexibility index (Phi) is 3.52. The maximum atomic E-state index is 12.5. The van der Waals surface area contributed by atoms with Gasteiger partial charge in [0, 0.05) is 17.8 Å². The van der Waals surface area contributed by atoms with E-state index in [1.54, 1.807) is 0 Å². The number of anilines is 1. The van der Waals surface area contributed by atoms with Crippen molar-refractivity contribution >= 4 is 11.6 Å². The Morgan fingerprint density at radius 3 is 2.55 bits per heavy atom. The summed E-state index contributed by atoms with van der Waals surface area (Å²) in [7, 11) is 0. The quantitative estimate of drug-likeness (QED) is 0.927. The molecule has 1 aliphatic heterocycles. The number of benzene rings is 2. The molecule has 3 heteroatoms. The van der Waals surface area contributed by atoms with Crippen LogP contribution in [0, 0.1) is 0 Å². The average molecular weight is 266 g/mol. The highest BCUT2D eigenvalue weighted by atomic mass is 16.2. The van der Waals surface area contributed by atoms with Crippen LogP contribution in [0.25, 0.3) is 0 Å². The molecule has 0 radical (unpaired) electrons. The van der Waals surface area contributed by atoms with Crippen molar-refractivity contribution in [2.45, 2.75) is 12.8 Å². The Morgan fingerprint density at radius 2 is 1.80 bits per heavy atom. The van der Waals surface area contributed by atoms with Crippen LogP contribution in [0.2, 0.25) is 0 Å². The molecular weight excluding hydrogens is 248 g/mol. The molecule has 1 heterocycles. The molecule has 2 aromatic rings. The molecule has 0 saturated carbocycles. The van der Waals surface area contributed by atoms with Crippen LogP contribution in [0.15, 0.2) is 48.5 Å². The number of nitrogens with zero attached hydrogens (tertiary/aromatic N) is 1. The third-order valence-corrected chi connectivity index (χ3v) is 3.78. The van der Waals surface area contributed by atoms with Crippen molar-refractivity contribution in [1.29, 1.82) is 0 Å². The normalized spacial score (nSPS) is 14.2. The monoisotopic (exact) mass is 266 g/mol. The number of carbonyl (C=O) groups is 1. The van der Waals surface area contributed by atoms with Crippen LogP contribution in [0.3, 0.4) is 0 Å². The molecule has 20 heavy (non-hydrogen) atoms. The van der Waals surface area contributed by atoms with Gasteiger partial charge < -0.3 is 10.6 Å². The standard InChI is InChI=1S/C17H18N2O/c18-11-9-13-5-7-15(8-6-13)19-12-10-14-3-1-2-4-16(14)17(19)20/h1-8H,9-12,18H2. The van der Waals surface area contributed by atoms with Crippen LogP contribution in [0.4, 0.5) is 5.69 Å². The SMILES string of the molecule is NCCc1ccc(N2CCc3ccccc3C2=O)cc1. The fourth-order valence-corrected chi connectivity index (χ4v) is 2.68. The first kappa shape index (κ1) is 12.9. The van der Waals surface area contributed by atoms with E-state index in [2.05, 4.69) is 12.1 Å². The minimum absolute atomic E-state index is 0.0958. The zero-order valence-electron chi connectivity index (χ0n) is 11.4. The average Bonchev–Trinajstić information content (AvgIpc) is 2.49. The van der Waals surface area contributed by atoms with Crippen LogP contribution in [-0.2, 0) is 12.8 Å². The summed E-state index contributed by atoms with van der Waals surface area (Å²) in [6, 6.07) is 16.0. The number of nitrogens with two attached hydrogens (primary N) is 1. The summed E-state index contributed by atoms with van der Waals surface area (Å²) in [5, 5.41) is 0. The topological polar surface area (TPSA) is 46.3 Å². The van der Waals surface area contributed by atoms with Crippen LogP contribution < -0.4 is 10.6 Å². The Balaban J connectivity index is 1.87. The van der Waals surface area contributed by atoms with Crippen molar-refractivity contribution in [1.82, 2.24) is 0 Å². The maximum Gasteiger partial charge on any atom is 0.258 e. The van der Waals surface area contributed by atoms with E-state index in [-0.39, 0.29) is 5.91 Å². The van der Waals surface area contributed by atoms with Gasteiger partial charge in [0.15, 0.2) is 0 Å². The van der Waals surface area contributed by atoms with Crippen molar-refractivity contribution in [3.05, 3.63) is 65.2 Å². The molecule has 0 atom stereocenters. The highest BCUT2D eigenvalue weighted by molar-refractivity contribution is 6.08. The molecule has 2 N–H and O–H groups in total. The fourth-order valence-electron chi connectivity index (χ4n) is 2.68. The van der Waals surface area contributed by atoms with Gasteiger partial charge in [-0.3, -0.25) is 4.79 Å². The Bertz CT molecular complexity index is 619. The highest BCUT2D eigenvalue weighted by Crippen LogP contribution is 2.24. The zero-order valence-corrected chi connectivity index (χ0v) is 11.4. The fraction of sp³-hybridized carbons (Fsp3) is 0.235. The first-order chi connectivity index (χ1) is 9.79. The van der Waals surface area contributed by atoms with Crippen molar-refractivity contribution in [2.75, 3.05) is 18.0 Å². The number of fused-ring (bicyclic) bond motifs is 1. The van der Waals surface area contributed by atoms with Gasteiger partial charge in [0.2, 0.25) is 0 Å². The minimum atomic E-state index is 0.0958. The van der Waals surface area contributed by atoms with E-state index in [4.69, 9.17) is 5.73 Å². The van der Waals surface area contributed by atoms with E-state index in [0.29, 0.717) is 6.54 Å². The summed E-state index contributed by atoms with van der Waals surface area (Å²) in [6.07, 6.45) is 1.78. The smallest absolute Gasteiger partial charge is 0.258 e. The molecule has 1 aliphatic rings. The van der Waals surface area contributed by atoms with Gasteiger partial charge >= 0.3 is 0 Å². The minimum Gasteiger partial charge on any atom is -0.330 e. The van der Waals surface area contributed by atoms with Crippen molar-refractivity contribution in [3.63, 3.8) is 0 Å². The first-order valence-corrected chi connectivity index (χ1v) is 6.98. The number of amides is 1. The number of hydrogen-bond donors (Lipinski definition) is 1. The summed E-state index contributed by atoms with van der Waals surface area (Å²) >= 11 is 0. The lowest BCUT2D eigenvalue weighted by molar-refractivity contribution is 0.0980. The van der Waals surface area contributed by atoms with Crippen molar-refractivity contribution in [2.24, 2.45) is 5.73 Å². The predicted molar refractivity (Wildman–Crippen MR) is 81.0 cm³/mol. The number of carbonyl (C=O) groups excluding carboxylic acids is 1. The zero-order chi connectivity index (χ0) is 13.9. The molecule has 0 bridgehead atoms. The molecule has 0 fully saturated rings. The van der Waals surface area contributed by atoms with E-state index in [1.807, 2.05) is 41.3 Å². The largest absolute Gasteiger partial charge is 0.330 e. The second kappa shape index (κ2) is 5.47. The summed E-state index contributed by atoms with van der Waals surface area (Å²) < 4.78 is 0. The number of rotatable bonds is 3. The van der Waals surface area contributed by atoms with Gasteiger partial charge in [0.1, 0.15) is 0 Å². The van der Waals surface area contributed by atoms with Gasteiger partial charge in [-0.1, -0.05) is 30.3 Å². The van der Waals surface area contributed by atoms with Gasteiger partial charge in [-0.2, -0.15) is 0 Å². The lowest BCUT2D eigenvalue weighted by Gasteiger charge is -2.28. The van der Waals surface area contributed by atoms with Gasteiger partial charge in [0.25, 0.3) is 5.91 Å². The Hall–Kier alpha value is -2.13. The molecular formula is C17H18N2O. The van der Waals surface area contributed by atoms with E-state index in [0.717, 1.165) is 36.2 Å². The van der Waals surface area contributed by atoms with E-state index < -0.39 is 0 Å². The molecule has 3 nitrogen and oxygen atoms in total. The van der Waals surface area contributed by atoms with Gasteiger partial charge in [0.05, 0.1) is 0 Å². The van der Waals surface area contributed by atoms with Crippen molar-refractivity contribution in [3.8, 4) is 0 Å². The molecule has 3 rings (SSSR count). The lowest BCUT2D eigenvalue weighted by atomic mass is 9.98. The third kappa shape index (κ3) is 2.32. The van der Waals surface area contributed by atoms with Gasteiger partial charge in [-0.15, -0.1) is 0 Å². The summed E-state index contributed by atoms with van der Waals surface area (Å²) in [5.74, 6) is 0.0958. The summed E-state index contributed by atoms with van der Waals surface area (Å²) in [6.45, 7) is 1.39. The number of hydrogen-bond acceptors (Lipinski definition) is 2. The van der Waals surface area contributed by atoms with E-state index in [1.165, 1.54) is 5.56 Å². The van der Waals surface area contributed by atoms with Crippen LogP contribution >= 0.6 is 0 Å². The lowest BCUT2D eigenvalue weighted by Crippen LogP contribution is -2.37. The molecule has 1 amide bonds. The highest BCUT2D eigenvalue weighted by Gasteiger charge is 2.24. The maximum absolute atomic E-state index is 12.5. The molecule has 0 saturated heterocycles. The molecule has 0 spiro atoms. The van der Waals surface area contributed by atoms with Crippen LogP contribution in [0.5, 0.6) is 0 Å². The molecule has 2 aromatic carbocycles. The molecule has 102 valence electrons. The summed E-state index contributed by atoms with van der Waals surface area (Å²) in [5.41, 5.74) is 9.70. The second-order valence-electron chi connectivity index (χ2n) is 5.07. The van der Waals surface area contributed by atoms with E-state index >= 15 is 0 Å². The first-order valence-electron chi connectivity index (χ1n) is 6.98. The molecule has 0 aromatic heterocycles. The molecule has 0 unspecified atom stereocenters.